The number of benzene rings is 1. The van der Waals surface area contributed by atoms with Gasteiger partial charge in [0.2, 0.25) is 0 Å². The molecule has 3 nitrogen and oxygen atoms in total. The number of nitrogens with zero attached hydrogens (tertiary/aromatic N) is 2. The van der Waals surface area contributed by atoms with E-state index in [4.69, 9.17) is 5.73 Å². The largest absolute Gasteiger partial charge is 0.395 e. The third kappa shape index (κ3) is 2.53. The summed E-state index contributed by atoms with van der Waals surface area (Å²) in [6.45, 7) is 6.32. The van der Waals surface area contributed by atoms with Crippen LogP contribution in [-0.2, 0) is 7.05 Å². The SMILES string of the molecule is Cc1cccc(Sc2c(N)c(C(C)C)nn2C)c1. The fraction of sp³-hybridized carbons (Fsp3) is 0.357. The molecule has 0 atom stereocenters. The topological polar surface area (TPSA) is 43.8 Å². The number of hydrogen-bond acceptors (Lipinski definition) is 3. The van der Waals surface area contributed by atoms with E-state index in [1.807, 2.05) is 11.7 Å². The molecule has 1 aromatic heterocycles. The summed E-state index contributed by atoms with van der Waals surface area (Å²) in [5, 5.41) is 5.52. The molecule has 2 N–H and O–H groups in total. The normalized spacial score (nSPS) is 11.2. The van der Waals surface area contributed by atoms with Gasteiger partial charge in [-0.05, 0) is 25.0 Å². The van der Waals surface area contributed by atoms with E-state index in [1.54, 1.807) is 11.8 Å². The highest BCUT2D eigenvalue weighted by molar-refractivity contribution is 7.99. The molecule has 0 aliphatic carbocycles. The number of anilines is 1. The van der Waals surface area contributed by atoms with Crippen molar-refractivity contribution in [2.45, 2.75) is 36.6 Å². The third-order valence-electron chi connectivity index (χ3n) is 2.81. The quantitative estimate of drug-likeness (QED) is 0.918. The molecule has 0 bridgehead atoms. The van der Waals surface area contributed by atoms with Crippen LogP contribution in [0.5, 0.6) is 0 Å². The first kappa shape index (κ1) is 13.0. The van der Waals surface area contributed by atoms with Gasteiger partial charge in [-0.3, -0.25) is 4.68 Å². The van der Waals surface area contributed by atoms with Gasteiger partial charge < -0.3 is 5.73 Å². The highest BCUT2D eigenvalue weighted by Gasteiger charge is 2.16. The van der Waals surface area contributed by atoms with Gasteiger partial charge in [-0.15, -0.1) is 0 Å². The zero-order chi connectivity index (χ0) is 13.3. The van der Waals surface area contributed by atoms with E-state index in [-0.39, 0.29) is 0 Å². The zero-order valence-corrected chi connectivity index (χ0v) is 12.1. The Balaban J connectivity index is 2.35. The van der Waals surface area contributed by atoms with Crippen LogP contribution in [0.25, 0.3) is 0 Å². The standard InChI is InChI=1S/C14H19N3S/c1-9(2)13-12(15)14(17(4)16-13)18-11-7-5-6-10(3)8-11/h5-9H,15H2,1-4H3. The highest BCUT2D eigenvalue weighted by atomic mass is 32.2. The second kappa shape index (κ2) is 5.06. The number of nitrogens with two attached hydrogens (primary N) is 1. The van der Waals surface area contributed by atoms with E-state index < -0.39 is 0 Å². The van der Waals surface area contributed by atoms with Gasteiger partial charge in [0.05, 0.1) is 11.4 Å². The summed E-state index contributed by atoms with van der Waals surface area (Å²) in [6, 6.07) is 8.41. The Hall–Kier alpha value is -1.42. The van der Waals surface area contributed by atoms with Gasteiger partial charge in [-0.25, -0.2) is 0 Å². The summed E-state index contributed by atoms with van der Waals surface area (Å²) >= 11 is 1.67. The van der Waals surface area contributed by atoms with Crippen molar-refractivity contribution in [1.82, 2.24) is 9.78 Å². The molecule has 0 aliphatic heterocycles. The molecule has 0 spiro atoms. The second-order valence-electron chi connectivity index (χ2n) is 4.80. The summed E-state index contributed by atoms with van der Waals surface area (Å²) in [5.74, 6) is 0.350. The van der Waals surface area contributed by atoms with Gasteiger partial charge >= 0.3 is 0 Å². The molecule has 0 saturated carbocycles. The maximum absolute atomic E-state index is 6.19. The minimum absolute atomic E-state index is 0.350. The van der Waals surface area contributed by atoms with Crippen LogP contribution in [0.3, 0.4) is 0 Å². The Morgan fingerprint density at radius 3 is 2.61 bits per heavy atom. The first-order chi connectivity index (χ1) is 8.49. The zero-order valence-electron chi connectivity index (χ0n) is 11.3. The van der Waals surface area contributed by atoms with Crippen LogP contribution in [-0.4, -0.2) is 9.78 Å². The fourth-order valence-electron chi connectivity index (χ4n) is 1.88. The number of aryl methyl sites for hydroxylation is 2. The molecule has 0 aliphatic rings. The molecule has 1 aromatic carbocycles. The summed E-state index contributed by atoms with van der Waals surface area (Å²) in [6.07, 6.45) is 0. The first-order valence-corrected chi connectivity index (χ1v) is 6.87. The Bertz CT molecular complexity index is 558. The van der Waals surface area contributed by atoms with Crippen molar-refractivity contribution in [3.8, 4) is 0 Å². The maximum Gasteiger partial charge on any atom is 0.122 e. The average Bonchev–Trinajstić information content (AvgIpc) is 2.57. The summed E-state index contributed by atoms with van der Waals surface area (Å²) in [4.78, 5) is 1.19. The van der Waals surface area contributed by atoms with Crippen LogP contribution >= 0.6 is 11.8 Å². The van der Waals surface area contributed by atoms with Crippen molar-refractivity contribution in [3.63, 3.8) is 0 Å². The van der Waals surface area contributed by atoms with E-state index in [9.17, 15) is 0 Å². The lowest BCUT2D eigenvalue weighted by molar-refractivity contribution is 0.671. The number of rotatable bonds is 3. The molecule has 0 amide bonds. The molecule has 0 unspecified atom stereocenters. The fourth-order valence-corrected chi connectivity index (χ4v) is 2.88. The van der Waals surface area contributed by atoms with Crippen molar-refractivity contribution in [1.29, 1.82) is 0 Å². The molecule has 96 valence electrons. The van der Waals surface area contributed by atoms with Gasteiger partial charge in [-0.2, -0.15) is 5.10 Å². The van der Waals surface area contributed by atoms with E-state index >= 15 is 0 Å². The van der Waals surface area contributed by atoms with Gasteiger partial charge in [-0.1, -0.05) is 43.3 Å². The maximum atomic E-state index is 6.19. The van der Waals surface area contributed by atoms with Gasteiger partial charge in [0.1, 0.15) is 5.03 Å². The molecule has 0 radical (unpaired) electrons. The second-order valence-corrected chi connectivity index (χ2v) is 5.86. The molecular formula is C14H19N3S. The van der Waals surface area contributed by atoms with Crippen molar-refractivity contribution in [3.05, 3.63) is 35.5 Å². The summed E-state index contributed by atoms with van der Waals surface area (Å²) < 4.78 is 1.87. The lowest BCUT2D eigenvalue weighted by atomic mass is 10.1. The molecule has 0 fully saturated rings. The molecule has 4 heteroatoms. The molecule has 0 saturated heterocycles. The van der Waals surface area contributed by atoms with Crippen LogP contribution in [0.2, 0.25) is 0 Å². The highest BCUT2D eigenvalue weighted by Crippen LogP contribution is 2.35. The van der Waals surface area contributed by atoms with Crippen molar-refractivity contribution < 1.29 is 0 Å². The summed E-state index contributed by atoms with van der Waals surface area (Å²) in [7, 11) is 1.94. The van der Waals surface area contributed by atoms with Crippen molar-refractivity contribution in [2.75, 3.05) is 5.73 Å². The summed E-state index contributed by atoms with van der Waals surface area (Å²) in [5.41, 5.74) is 9.23. The van der Waals surface area contributed by atoms with Gasteiger partial charge in [0.15, 0.2) is 0 Å². The Kier molecular flexibility index (Phi) is 3.66. The minimum Gasteiger partial charge on any atom is -0.395 e. The lowest BCUT2D eigenvalue weighted by Gasteiger charge is -2.04. The van der Waals surface area contributed by atoms with Crippen LogP contribution in [0.1, 0.15) is 31.0 Å². The van der Waals surface area contributed by atoms with Crippen LogP contribution in [0, 0.1) is 6.92 Å². The number of nitrogen functional groups attached to an aromatic ring is 1. The number of hydrogen-bond donors (Lipinski definition) is 1. The molecule has 2 rings (SSSR count). The first-order valence-electron chi connectivity index (χ1n) is 6.06. The predicted octanol–water partition coefficient (Wildman–Crippen LogP) is 3.59. The predicted molar refractivity (Wildman–Crippen MR) is 77.0 cm³/mol. The Morgan fingerprint density at radius 1 is 1.33 bits per heavy atom. The van der Waals surface area contributed by atoms with Gasteiger partial charge in [0.25, 0.3) is 0 Å². The average molecular weight is 261 g/mol. The van der Waals surface area contributed by atoms with Crippen LogP contribution in [0.4, 0.5) is 5.69 Å². The van der Waals surface area contributed by atoms with Crippen LogP contribution < -0.4 is 5.73 Å². The smallest absolute Gasteiger partial charge is 0.122 e. The van der Waals surface area contributed by atoms with Crippen molar-refractivity contribution in [2.24, 2.45) is 7.05 Å². The molecule has 2 aromatic rings. The number of aromatic nitrogens is 2. The Labute approximate surface area is 112 Å². The lowest BCUT2D eigenvalue weighted by Crippen LogP contribution is -1.94. The monoisotopic (exact) mass is 261 g/mol. The molecular weight excluding hydrogens is 242 g/mol. The Morgan fingerprint density at radius 2 is 2.06 bits per heavy atom. The van der Waals surface area contributed by atoms with E-state index in [2.05, 4.69) is 50.1 Å². The third-order valence-corrected chi connectivity index (χ3v) is 3.98. The van der Waals surface area contributed by atoms with Crippen LogP contribution in [0.15, 0.2) is 34.2 Å². The van der Waals surface area contributed by atoms with E-state index in [0.717, 1.165) is 16.4 Å². The van der Waals surface area contributed by atoms with E-state index in [0.29, 0.717) is 5.92 Å². The minimum atomic E-state index is 0.350. The van der Waals surface area contributed by atoms with E-state index in [1.165, 1.54) is 10.5 Å². The molecule has 18 heavy (non-hydrogen) atoms. The molecule has 1 heterocycles. The van der Waals surface area contributed by atoms with Crippen molar-refractivity contribution >= 4 is 17.4 Å². The van der Waals surface area contributed by atoms with Gasteiger partial charge in [0, 0.05) is 11.9 Å².